The number of carbonyl (C=O) groups is 1. The Morgan fingerprint density at radius 1 is 1.24 bits per heavy atom. The minimum absolute atomic E-state index is 0.194. The monoisotopic (exact) mass is 452 g/mol. The molecule has 1 aromatic heterocycles. The molecule has 0 saturated heterocycles. The molecule has 0 fully saturated rings. The third-order valence-corrected chi connectivity index (χ3v) is 5.43. The number of aliphatic hydroxyl groups excluding tert-OH is 1. The molecule has 33 heavy (non-hydrogen) atoms. The van der Waals surface area contributed by atoms with Gasteiger partial charge in [0.25, 0.3) is 0 Å². The fraction of sp³-hybridized carbons (Fsp3) is 0.292. The lowest BCUT2D eigenvalue weighted by atomic mass is 10.0. The van der Waals surface area contributed by atoms with Crippen LogP contribution >= 0.6 is 0 Å². The average molecular weight is 452 g/mol. The number of amides is 1. The first-order valence-electron chi connectivity index (χ1n) is 10.8. The molecule has 1 amide bonds. The Hall–Kier alpha value is -3.88. The van der Waals surface area contributed by atoms with Crippen LogP contribution in [0.15, 0.2) is 70.4 Å². The molecule has 172 valence electrons. The molecule has 0 spiro atoms. The molecular weight excluding hydrogens is 427 g/mol. The van der Waals surface area contributed by atoms with Gasteiger partial charge in [-0.15, -0.1) is 0 Å². The molecular formula is C24H25FN4O4. The summed E-state index contributed by atoms with van der Waals surface area (Å²) in [6.45, 7) is 3.21. The number of nitrogens with zero attached hydrogens (tertiary/aromatic N) is 2. The lowest BCUT2D eigenvalue weighted by Gasteiger charge is -2.18. The second kappa shape index (κ2) is 10.2. The number of aliphatic imine (C=N–C) groups is 1. The van der Waals surface area contributed by atoms with Crippen molar-refractivity contribution in [3.05, 3.63) is 76.6 Å². The number of allylic oxidation sites excluding steroid dienone is 2. The van der Waals surface area contributed by atoms with Crippen molar-refractivity contribution in [3.63, 3.8) is 0 Å². The molecule has 1 aliphatic carbocycles. The Morgan fingerprint density at radius 2 is 2.09 bits per heavy atom. The number of aryl methyl sites for hydroxylation is 1. The number of amidine groups is 1. The zero-order valence-corrected chi connectivity index (χ0v) is 18.2. The van der Waals surface area contributed by atoms with E-state index in [0.717, 1.165) is 30.2 Å². The molecule has 2 aromatic rings. The van der Waals surface area contributed by atoms with Crippen molar-refractivity contribution < 1.29 is 24.1 Å². The highest BCUT2D eigenvalue weighted by atomic mass is 19.3. The number of aromatic nitrogens is 1. The first-order valence-corrected chi connectivity index (χ1v) is 10.8. The average Bonchev–Trinajstić information content (AvgIpc) is 3.36. The number of aliphatic hydroxyl groups is 1. The number of hydrogen-bond acceptors (Lipinski definition) is 7. The van der Waals surface area contributed by atoms with E-state index in [2.05, 4.69) is 25.6 Å². The molecule has 8 nitrogen and oxygen atoms in total. The Bertz CT molecular complexity index is 1140. The van der Waals surface area contributed by atoms with Crippen molar-refractivity contribution in [2.75, 3.05) is 13.1 Å². The fourth-order valence-electron chi connectivity index (χ4n) is 3.67. The summed E-state index contributed by atoms with van der Waals surface area (Å²) >= 11 is 0. The number of nitrogens with one attached hydrogen (secondary N) is 2. The number of rotatable bonds is 8. The summed E-state index contributed by atoms with van der Waals surface area (Å²) in [5.74, 6) is 1.18. The van der Waals surface area contributed by atoms with Gasteiger partial charge >= 0.3 is 0 Å². The van der Waals surface area contributed by atoms with Crippen molar-refractivity contribution in [1.29, 1.82) is 0 Å². The summed E-state index contributed by atoms with van der Waals surface area (Å²) in [7, 11) is 0. The van der Waals surface area contributed by atoms with E-state index in [4.69, 9.17) is 4.74 Å². The summed E-state index contributed by atoms with van der Waals surface area (Å²) in [6, 6.07) is 11.1. The Kier molecular flexibility index (Phi) is 6.87. The van der Waals surface area contributed by atoms with E-state index < -0.39 is 0 Å². The van der Waals surface area contributed by atoms with Crippen molar-refractivity contribution in [2.45, 2.75) is 32.6 Å². The number of carbonyl (C=O) groups excluding carboxylic acids is 1. The van der Waals surface area contributed by atoms with E-state index in [9.17, 15) is 14.4 Å². The topological polar surface area (TPSA) is 105 Å². The molecule has 3 N–H and O–H groups in total. The Labute approximate surface area is 190 Å². The summed E-state index contributed by atoms with van der Waals surface area (Å²) in [5, 5.41) is 16.0. The van der Waals surface area contributed by atoms with E-state index in [1.807, 2.05) is 30.3 Å². The summed E-state index contributed by atoms with van der Waals surface area (Å²) in [5.41, 5.74) is 2.51. The lowest BCUT2D eigenvalue weighted by Crippen LogP contribution is -2.26. The van der Waals surface area contributed by atoms with Crippen LogP contribution in [0.1, 0.15) is 37.4 Å². The molecule has 0 atom stereocenters. The molecule has 1 aromatic carbocycles. The molecule has 2 aliphatic rings. The number of halogens is 1. The van der Waals surface area contributed by atoms with Crippen LogP contribution in [-0.2, 0) is 16.2 Å². The molecule has 4 rings (SSSR count). The minimum Gasteiger partial charge on any atom is -0.503 e. The highest BCUT2D eigenvalue weighted by Gasteiger charge is 2.23. The van der Waals surface area contributed by atoms with Crippen LogP contribution in [0.5, 0.6) is 11.5 Å². The number of ether oxygens (including phenoxy) is 1. The predicted octanol–water partition coefficient (Wildman–Crippen LogP) is 4.01. The van der Waals surface area contributed by atoms with E-state index in [0.29, 0.717) is 36.3 Å². The molecule has 9 heteroatoms. The van der Waals surface area contributed by atoms with Crippen LogP contribution in [0.4, 0.5) is 4.53 Å². The second-order valence-corrected chi connectivity index (χ2v) is 7.85. The maximum absolute atomic E-state index is 12.7. The highest BCUT2D eigenvalue weighted by Crippen LogP contribution is 2.28. The first-order chi connectivity index (χ1) is 16.0. The highest BCUT2D eigenvalue weighted by molar-refractivity contribution is 5.98. The maximum atomic E-state index is 12.7. The molecule has 0 saturated carbocycles. The predicted molar refractivity (Wildman–Crippen MR) is 120 cm³/mol. The Morgan fingerprint density at radius 3 is 2.88 bits per heavy atom. The normalized spacial score (nSPS) is 15.8. The third kappa shape index (κ3) is 5.49. The van der Waals surface area contributed by atoms with Gasteiger partial charge < -0.3 is 20.5 Å². The van der Waals surface area contributed by atoms with Crippen molar-refractivity contribution in [3.8, 4) is 11.5 Å². The standard InChI is InChI=1S/C24H25FN4O4/c1-15-5-7-19(22(31)23(15)33-25)29-21(30)8-6-16-3-2-4-17(13-16)32-18-9-10-26-20(14-18)24-27-11-12-28-24/h2-4,9-10,13-14,31H,5-8,11-12H2,1H3,(H,27,28)(H,29,30). The van der Waals surface area contributed by atoms with Gasteiger partial charge in [0.05, 0.1) is 12.2 Å². The van der Waals surface area contributed by atoms with E-state index >= 15 is 0 Å². The van der Waals surface area contributed by atoms with Crippen molar-refractivity contribution in [1.82, 2.24) is 15.6 Å². The summed E-state index contributed by atoms with van der Waals surface area (Å²) in [6.07, 6.45) is 3.25. The van der Waals surface area contributed by atoms with Crippen LogP contribution in [0.2, 0.25) is 0 Å². The van der Waals surface area contributed by atoms with Crippen LogP contribution in [-0.4, -0.2) is 34.9 Å². The molecule has 1 aliphatic heterocycles. The molecule has 2 heterocycles. The van der Waals surface area contributed by atoms with Crippen LogP contribution in [0.3, 0.4) is 0 Å². The maximum Gasteiger partial charge on any atom is 0.224 e. The van der Waals surface area contributed by atoms with Crippen LogP contribution in [0, 0.1) is 0 Å². The minimum atomic E-state index is -0.361. The fourth-order valence-corrected chi connectivity index (χ4v) is 3.67. The van der Waals surface area contributed by atoms with Crippen molar-refractivity contribution in [2.24, 2.45) is 4.99 Å². The largest absolute Gasteiger partial charge is 0.503 e. The number of pyridine rings is 1. The number of hydrogen-bond donors (Lipinski definition) is 3. The quantitative estimate of drug-likeness (QED) is 0.559. The van der Waals surface area contributed by atoms with Gasteiger partial charge in [0.2, 0.25) is 11.7 Å². The molecule has 0 unspecified atom stereocenters. The smallest absolute Gasteiger partial charge is 0.224 e. The van der Waals surface area contributed by atoms with E-state index in [1.165, 1.54) is 0 Å². The lowest BCUT2D eigenvalue weighted by molar-refractivity contribution is -0.120. The summed E-state index contributed by atoms with van der Waals surface area (Å²) in [4.78, 5) is 24.8. The van der Waals surface area contributed by atoms with Gasteiger partial charge in [-0.05, 0) is 55.5 Å². The van der Waals surface area contributed by atoms with Gasteiger partial charge in [0.1, 0.15) is 23.0 Å². The SMILES string of the molecule is CC1=C(OF)C(O)=C(NC(=O)CCc2cccc(Oc3ccnc(C4=NCCN4)c3)c2)CC1. The van der Waals surface area contributed by atoms with Gasteiger partial charge in [-0.25, -0.2) is 0 Å². The van der Waals surface area contributed by atoms with Gasteiger partial charge in [-0.1, -0.05) is 12.1 Å². The van der Waals surface area contributed by atoms with Crippen LogP contribution in [0.25, 0.3) is 0 Å². The number of benzene rings is 1. The zero-order valence-electron chi connectivity index (χ0n) is 18.2. The van der Waals surface area contributed by atoms with Gasteiger partial charge in [-0.2, -0.15) is 0 Å². The van der Waals surface area contributed by atoms with Gasteiger partial charge in [0, 0.05) is 29.8 Å². The van der Waals surface area contributed by atoms with E-state index in [-0.39, 0.29) is 29.5 Å². The van der Waals surface area contributed by atoms with Gasteiger partial charge in [0.15, 0.2) is 5.76 Å². The summed E-state index contributed by atoms with van der Waals surface area (Å²) < 4.78 is 18.6. The Balaban J connectivity index is 1.36. The van der Waals surface area contributed by atoms with Crippen molar-refractivity contribution >= 4 is 11.7 Å². The van der Waals surface area contributed by atoms with Crippen LogP contribution < -0.4 is 15.4 Å². The molecule has 0 radical (unpaired) electrons. The second-order valence-electron chi connectivity index (χ2n) is 7.85. The third-order valence-electron chi connectivity index (χ3n) is 5.43. The molecule has 0 bridgehead atoms. The van der Waals surface area contributed by atoms with Gasteiger partial charge in [-0.3, -0.25) is 19.7 Å². The van der Waals surface area contributed by atoms with E-state index in [1.54, 1.807) is 19.2 Å². The first kappa shape index (κ1) is 22.3. The zero-order chi connectivity index (χ0) is 23.2.